The fourth-order valence-corrected chi connectivity index (χ4v) is 2.07. The van der Waals surface area contributed by atoms with Gasteiger partial charge in [-0.05, 0) is 61.2 Å². The summed E-state index contributed by atoms with van der Waals surface area (Å²) in [6.07, 6.45) is 1.89. The van der Waals surface area contributed by atoms with E-state index in [0.717, 1.165) is 34.9 Å². The molecule has 2 aromatic carbocycles. The molecule has 0 aliphatic carbocycles. The largest absolute Gasteiger partial charge is 0.457 e. The third-order valence-electron chi connectivity index (χ3n) is 3.31. The predicted molar refractivity (Wildman–Crippen MR) is 84.7 cm³/mol. The average molecular weight is 290 g/mol. The lowest BCUT2D eigenvalue weighted by Crippen LogP contribution is -2.21. The van der Waals surface area contributed by atoms with Crippen LogP contribution in [-0.4, -0.2) is 6.04 Å². The van der Waals surface area contributed by atoms with Crippen LogP contribution in [-0.2, 0) is 6.42 Å². The molecule has 0 aromatic heterocycles. The molecule has 1 atom stereocenters. The standard InChI is InChI=1S/C17H20ClNO/c1-3-14(19)11-13-4-6-15(7-5-13)20-16-8-9-17(18)12(2)10-16/h4-10,14H,3,11,19H2,1-2H3. The summed E-state index contributed by atoms with van der Waals surface area (Å²) in [7, 11) is 0. The molecule has 0 spiro atoms. The van der Waals surface area contributed by atoms with Gasteiger partial charge in [0.2, 0.25) is 0 Å². The Morgan fingerprint density at radius 2 is 1.75 bits per heavy atom. The first-order valence-electron chi connectivity index (χ1n) is 6.87. The van der Waals surface area contributed by atoms with Gasteiger partial charge in [-0.1, -0.05) is 30.7 Å². The van der Waals surface area contributed by atoms with Gasteiger partial charge >= 0.3 is 0 Å². The van der Waals surface area contributed by atoms with Crippen molar-refractivity contribution in [3.05, 3.63) is 58.6 Å². The third kappa shape index (κ3) is 3.99. The lowest BCUT2D eigenvalue weighted by atomic mass is 10.0. The summed E-state index contributed by atoms with van der Waals surface area (Å²) in [5.74, 6) is 1.62. The van der Waals surface area contributed by atoms with E-state index in [2.05, 4.69) is 19.1 Å². The molecule has 2 rings (SSSR count). The minimum atomic E-state index is 0.223. The highest BCUT2D eigenvalue weighted by molar-refractivity contribution is 6.31. The monoisotopic (exact) mass is 289 g/mol. The average Bonchev–Trinajstić information content (AvgIpc) is 2.45. The maximum Gasteiger partial charge on any atom is 0.127 e. The van der Waals surface area contributed by atoms with Crippen LogP contribution in [0.1, 0.15) is 24.5 Å². The molecule has 2 N–H and O–H groups in total. The van der Waals surface area contributed by atoms with Crippen molar-refractivity contribution in [1.29, 1.82) is 0 Å². The highest BCUT2D eigenvalue weighted by Crippen LogP contribution is 2.26. The Bertz CT molecular complexity index is 566. The van der Waals surface area contributed by atoms with Gasteiger partial charge in [0, 0.05) is 11.1 Å². The van der Waals surface area contributed by atoms with E-state index in [4.69, 9.17) is 22.1 Å². The van der Waals surface area contributed by atoms with Gasteiger partial charge in [-0.3, -0.25) is 0 Å². The second kappa shape index (κ2) is 6.78. The Labute approximate surface area is 125 Å². The summed E-state index contributed by atoms with van der Waals surface area (Å²) in [5.41, 5.74) is 8.20. The minimum Gasteiger partial charge on any atom is -0.457 e. The molecule has 0 fully saturated rings. The number of benzene rings is 2. The number of nitrogens with two attached hydrogens (primary N) is 1. The number of halogens is 1. The molecular weight excluding hydrogens is 270 g/mol. The first-order valence-corrected chi connectivity index (χ1v) is 7.25. The van der Waals surface area contributed by atoms with E-state index in [0.29, 0.717) is 0 Å². The minimum absolute atomic E-state index is 0.223. The van der Waals surface area contributed by atoms with E-state index in [-0.39, 0.29) is 6.04 Å². The van der Waals surface area contributed by atoms with E-state index in [1.165, 1.54) is 5.56 Å². The van der Waals surface area contributed by atoms with Crippen molar-refractivity contribution >= 4 is 11.6 Å². The van der Waals surface area contributed by atoms with Crippen LogP contribution in [0.15, 0.2) is 42.5 Å². The van der Waals surface area contributed by atoms with E-state index < -0.39 is 0 Å². The summed E-state index contributed by atoms with van der Waals surface area (Å²) in [6, 6.07) is 13.9. The van der Waals surface area contributed by atoms with Crippen LogP contribution in [0.2, 0.25) is 5.02 Å². The number of rotatable bonds is 5. The number of hydrogen-bond acceptors (Lipinski definition) is 2. The zero-order valence-electron chi connectivity index (χ0n) is 11.9. The lowest BCUT2D eigenvalue weighted by molar-refractivity contribution is 0.482. The molecule has 0 saturated carbocycles. The molecule has 0 radical (unpaired) electrons. The van der Waals surface area contributed by atoms with Gasteiger partial charge < -0.3 is 10.5 Å². The molecule has 3 heteroatoms. The van der Waals surface area contributed by atoms with Gasteiger partial charge in [0.15, 0.2) is 0 Å². The normalized spacial score (nSPS) is 12.2. The summed E-state index contributed by atoms with van der Waals surface area (Å²) in [5, 5.41) is 0.751. The summed E-state index contributed by atoms with van der Waals surface area (Å²) in [6.45, 7) is 4.06. The van der Waals surface area contributed by atoms with Crippen LogP contribution in [0.25, 0.3) is 0 Å². The quantitative estimate of drug-likeness (QED) is 0.864. The zero-order valence-corrected chi connectivity index (χ0v) is 12.7. The molecule has 2 nitrogen and oxygen atoms in total. The van der Waals surface area contributed by atoms with Crippen molar-refractivity contribution in [2.24, 2.45) is 5.73 Å². The van der Waals surface area contributed by atoms with E-state index in [9.17, 15) is 0 Å². The van der Waals surface area contributed by atoms with Crippen molar-refractivity contribution in [3.63, 3.8) is 0 Å². The Morgan fingerprint density at radius 3 is 2.35 bits per heavy atom. The molecule has 0 aliphatic rings. The highest BCUT2D eigenvalue weighted by atomic mass is 35.5. The molecule has 0 saturated heterocycles. The van der Waals surface area contributed by atoms with Crippen molar-refractivity contribution < 1.29 is 4.74 Å². The third-order valence-corrected chi connectivity index (χ3v) is 3.73. The molecule has 106 valence electrons. The van der Waals surface area contributed by atoms with Crippen molar-refractivity contribution in [2.75, 3.05) is 0 Å². The molecule has 1 unspecified atom stereocenters. The summed E-state index contributed by atoms with van der Waals surface area (Å²) >= 11 is 6.00. The number of ether oxygens (including phenoxy) is 1. The van der Waals surface area contributed by atoms with Crippen molar-refractivity contribution in [2.45, 2.75) is 32.7 Å². The van der Waals surface area contributed by atoms with E-state index in [1.54, 1.807) is 0 Å². The molecule has 0 heterocycles. The number of hydrogen-bond donors (Lipinski definition) is 1. The van der Waals surface area contributed by atoms with Crippen LogP contribution in [0.5, 0.6) is 11.5 Å². The van der Waals surface area contributed by atoms with Crippen LogP contribution in [0.3, 0.4) is 0 Å². The topological polar surface area (TPSA) is 35.2 Å². The SMILES string of the molecule is CCC(N)Cc1ccc(Oc2ccc(Cl)c(C)c2)cc1. The Balaban J connectivity index is 2.04. The Hall–Kier alpha value is -1.51. The van der Waals surface area contributed by atoms with E-state index >= 15 is 0 Å². The first kappa shape index (κ1) is 14.9. The molecule has 0 bridgehead atoms. The van der Waals surface area contributed by atoms with Gasteiger partial charge in [0.1, 0.15) is 11.5 Å². The maximum atomic E-state index is 6.00. The predicted octanol–water partition coefficient (Wildman–Crippen LogP) is 4.72. The van der Waals surface area contributed by atoms with Crippen molar-refractivity contribution in [1.82, 2.24) is 0 Å². The molecule has 0 amide bonds. The van der Waals surface area contributed by atoms with Gasteiger partial charge in [-0.15, -0.1) is 0 Å². The molecule has 0 aliphatic heterocycles. The van der Waals surface area contributed by atoms with Crippen molar-refractivity contribution in [3.8, 4) is 11.5 Å². The second-order valence-corrected chi connectivity index (χ2v) is 5.44. The molecule has 20 heavy (non-hydrogen) atoms. The zero-order chi connectivity index (χ0) is 14.5. The van der Waals surface area contributed by atoms with Crippen LogP contribution >= 0.6 is 11.6 Å². The van der Waals surface area contributed by atoms with Gasteiger partial charge in [-0.2, -0.15) is 0 Å². The molecular formula is C17H20ClNO. The van der Waals surface area contributed by atoms with Gasteiger partial charge in [0.05, 0.1) is 0 Å². The first-order chi connectivity index (χ1) is 9.58. The Kier molecular flexibility index (Phi) is 5.05. The highest BCUT2D eigenvalue weighted by Gasteiger charge is 2.03. The fourth-order valence-electron chi connectivity index (χ4n) is 1.96. The van der Waals surface area contributed by atoms with Crippen LogP contribution < -0.4 is 10.5 Å². The maximum absolute atomic E-state index is 6.00. The summed E-state index contributed by atoms with van der Waals surface area (Å²) in [4.78, 5) is 0. The van der Waals surface area contributed by atoms with Gasteiger partial charge in [0.25, 0.3) is 0 Å². The van der Waals surface area contributed by atoms with Crippen LogP contribution in [0.4, 0.5) is 0 Å². The van der Waals surface area contributed by atoms with Crippen LogP contribution in [0, 0.1) is 6.92 Å². The Morgan fingerprint density at radius 1 is 1.10 bits per heavy atom. The lowest BCUT2D eigenvalue weighted by Gasteiger charge is -2.10. The number of aryl methyl sites for hydroxylation is 1. The smallest absolute Gasteiger partial charge is 0.127 e. The second-order valence-electron chi connectivity index (χ2n) is 5.03. The van der Waals surface area contributed by atoms with E-state index in [1.807, 2.05) is 37.3 Å². The summed E-state index contributed by atoms with van der Waals surface area (Å²) < 4.78 is 5.81. The fraction of sp³-hybridized carbons (Fsp3) is 0.294. The molecule has 2 aromatic rings. The van der Waals surface area contributed by atoms with Gasteiger partial charge in [-0.25, -0.2) is 0 Å².